The van der Waals surface area contributed by atoms with Crippen molar-refractivity contribution < 1.29 is 12.8 Å². The zero-order valence-electron chi connectivity index (χ0n) is 11.8. The minimum absolute atomic E-state index is 0.325. The predicted molar refractivity (Wildman–Crippen MR) is 84.3 cm³/mol. The quantitative estimate of drug-likeness (QED) is 0.790. The summed E-state index contributed by atoms with van der Waals surface area (Å²) in [6, 6.07) is 16.1. The summed E-state index contributed by atoms with van der Waals surface area (Å²) in [4.78, 5) is 0.325. The molecular formula is C17H15NO3S. The molecule has 22 heavy (non-hydrogen) atoms. The van der Waals surface area contributed by atoms with Crippen molar-refractivity contribution >= 4 is 20.8 Å². The fourth-order valence-electron chi connectivity index (χ4n) is 3.02. The maximum absolute atomic E-state index is 13.0. The van der Waals surface area contributed by atoms with Crippen molar-refractivity contribution in [2.75, 3.05) is 6.54 Å². The zero-order valence-corrected chi connectivity index (χ0v) is 12.6. The molecule has 112 valence electrons. The SMILES string of the molecule is O=S(=O)(c1ccccc1)C1NCCc2oc3ccccc3c21. The number of nitrogens with one attached hydrogen (secondary N) is 1. The van der Waals surface area contributed by atoms with Crippen molar-refractivity contribution in [3.63, 3.8) is 0 Å². The first kappa shape index (κ1) is 13.5. The second-order valence-electron chi connectivity index (χ2n) is 5.38. The van der Waals surface area contributed by atoms with Crippen molar-refractivity contribution in [3.8, 4) is 0 Å². The van der Waals surface area contributed by atoms with Gasteiger partial charge in [-0.3, -0.25) is 5.32 Å². The van der Waals surface area contributed by atoms with E-state index in [-0.39, 0.29) is 0 Å². The molecule has 1 aromatic heterocycles. The molecule has 4 rings (SSSR count). The van der Waals surface area contributed by atoms with Gasteiger partial charge in [-0.2, -0.15) is 0 Å². The largest absolute Gasteiger partial charge is 0.461 e. The molecule has 0 radical (unpaired) electrons. The molecule has 3 aromatic rings. The lowest BCUT2D eigenvalue weighted by Gasteiger charge is -2.23. The lowest BCUT2D eigenvalue weighted by molar-refractivity contribution is 0.481. The van der Waals surface area contributed by atoms with Gasteiger partial charge in [0, 0.05) is 23.9 Å². The van der Waals surface area contributed by atoms with Gasteiger partial charge in [-0.15, -0.1) is 0 Å². The van der Waals surface area contributed by atoms with Gasteiger partial charge in [0.15, 0.2) is 9.84 Å². The molecule has 0 saturated heterocycles. The van der Waals surface area contributed by atoms with E-state index in [2.05, 4.69) is 5.32 Å². The number of sulfone groups is 1. The van der Waals surface area contributed by atoms with Crippen LogP contribution < -0.4 is 5.32 Å². The minimum atomic E-state index is -3.51. The highest BCUT2D eigenvalue weighted by molar-refractivity contribution is 7.91. The van der Waals surface area contributed by atoms with Gasteiger partial charge in [0.25, 0.3) is 0 Å². The Hall–Kier alpha value is -2.11. The molecule has 1 atom stereocenters. The number of hydrogen-bond acceptors (Lipinski definition) is 4. The Balaban J connectivity index is 1.93. The van der Waals surface area contributed by atoms with Gasteiger partial charge in [0.1, 0.15) is 16.7 Å². The third kappa shape index (κ3) is 1.97. The smallest absolute Gasteiger partial charge is 0.198 e. The van der Waals surface area contributed by atoms with E-state index in [0.717, 1.165) is 22.3 Å². The van der Waals surface area contributed by atoms with Crippen LogP contribution >= 0.6 is 0 Å². The highest BCUT2D eigenvalue weighted by Gasteiger charge is 2.36. The number of rotatable bonds is 2. The van der Waals surface area contributed by atoms with Crippen LogP contribution in [-0.4, -0.2) is 15.0 Å². The van der Waals surface area contributed by atoms with Gasteiger partial charge in [-0.1, -0.05) is 36.4 Å². The zero-order chi connectivity index (χ0) is 15.2. The fourth-order valence-corrected chi connectivity index (χ4v) is 4.73. The standard InChI is InChI=1S/C17H15NO3S/c19-22(20,12-6-2-1-3-7-12)17-16-13-8-4-5-9-14(13)21-15(16)10-11-18-17/h1-9,17-18H,10-11H2. The van der Waals surface area contributed by atoms with Crippen LogP contribution in [0.5, 0.6) is 0 Å². The summed E-state index contributed by atoms with van der Waals surface area (Å²) in [5.74, 6) is 0.768. The summed E-state index contributed by atoms with van der Waals surface area (Å²) in [5.41, 5.74) is 1.50. The van der Waals surface area contributed by atoms with Crippen molar-refractivity contribution in [3.05, 3.63) is 65.9 Å². The lowest BCUT2D eigenvalue weighted by atomic mass is 10.1. The van der Waals surface area contributed by atoms with E-state index in [4.69, 9.17) is 4.42 Å². The minimum Gasteiger partial charge on any atom is -0.461 e. The molecular weight excluding hydrogens is 298 g/mol. The van der Waals surface area contributed by atoms with Crippen LogP contribution in [-0.2, 0) is 16.3 Å². The highest BCUT2D eigenvalue weighted by Crippen LogP contribution is 2.38. The summed E-state index contributed by atoms with van der Waals surface area (Å²) in [6.45, 7) is 0.587. The summed E-state index contributed by atoms with van der Waals surface area (Å²) in [7, 11) is -3.51. The molecule has 0 fully saturated rings. The molecule has 0 aliphatic carbocycles. The number of fused-ring (bicyclic) bond motifs is 3. The molecule has 2 heterocycles. The second-order valence-corrected chi connectivity index (χ2v) is 7.41. The third-order valence-electron chi connectivity index (χ3n) is 4.04. The van der Waals surface area contributed by atoms with Gasteiger partial charge in [0.2, 0.25) is 0 Å². The van der Waals surface area contributed by atoms with Crippen LogP contribution in [0, 0.1) is 0 Å². The first-order chi connectivity index (χ1) is 10.7. The molecule has 2 aromatic carbocycles. The molecule has 1 unspecified atom stereocenters. The number of benzene rings is 2. The van der Waals surface area contributed by atoms with Gasteiger partial charge >= 0.3 is 0 Å². The summed E-state index contributed by atoms with van der Waals surface area (Å²) >= 11 is 0. The van der Waals surface area contributed by atoms with Crippen LogP contribution in [0.4, 0.5) is 0 Å². The van der Waals surface area contributed by atoms with E-state index in [1.54, 1.807) is 24.3 Å². The topological polar surface area (TPSA) is 59.3 Å². The van der Waals surface area contributed by atoms with E-state index < -0.39 is 15.2 Å². The monoisotopic (exact) mass is 313 g/mol. The first-order valence-electron chi connectivity index (χ1n) is 7.20. The molecule has 5 heteroatoms. The number of furan rings is 1. The summed E-state index contributed by atoms with van der Waals surface area (Å²) < 4.78 is 31.8. The van der Waals surface area contributed by atoms with Crippen LogP contribution in [0.15, 0.2) is 63.9 Å². The van der Waals surface area contributed by atoms with E-state index >= 15 is 0 Å². The molecule has 0 amide bonds. The van der Waals surface area contributed by atoms with Crippen molar-refractivity contribution in [2.45, 2.75) is 16.7 Å². The third-order valence-corrected chi connectivity index (χ3v) is 5.99. The van der Waals surface area contributed by atoms with E-state index in [9.17, 15) is 8.42 Å². The van der Waals surface area contributed by atoms with Crippen LogP contribution in [0.25, 0.3) is 11.0 Å². The Morgan fingerprint density at radius 2 is 1.73 bits per heavy atom. The first-order valence-corrected chi connectivity index (χ1v) is 8.75. The summed E-state index contributed by atoms with van der Waals surface area (Å²) in [6.07, 6.45) is 0.699. The Labute approximate surface area is 128 Å². The average molecular weight is 313 g/mol. The number of para-hydroxylation sites is 1. The summed E-state index contributed by atoms with van der Waals surface area (Å²) in [5, 5.41) is 3.25. The van der Waals surface area contributed by atoms with Gasteiger partial charge in [-0.25, -0.2) is 8.42 Å². The normalized spacial score (nSPS) is 18.3. The Kier molecular flexibility index (Phi) is 3.06. The Morgan fingerprint density at radius 3 is 2.55 bits per heavy atom. The van der Waals surface area contributed by atoms with Crippen LogP contribution in [0.2, 0.25) is 0 Å². The molecule has 4 nitrogen and oxygen atoms in total. The predicted octanol–water partition coefficient (Wildman–Crippen LogP) is 3.05. The average Bonchev–Trinajstić information content (AvgIpc) is 2.94. The maximum atomic E-state index is 13.0. The molecule has 1 N–H and O–H groups in total. The van der Waals surface area contributed by atoms with Gasteiger partial charge in [0.05, 0.1) is 4.90 Å². The van der Waals surface area contributed by atoms with Crippen molar-refractivity contribution in [1.29, 1.82) is 0 Å². The number of hydrogen-bond donors (Lipinski definition) is 1. The molecule has 1 aliphatic rings. The van der Waals surface area contributed by atoms with Crippen molar-refractivity contribution in [1.82, 2.24) is 5.32 Å². The fraction of sp³-hybridized carbons (Fsp3) is 0.176. The van der Waals surface area contributed by atoms with Crippen molar-refractivity contribution in [2.24, 2.45) is 0 Å². The van der Waals surface area contributed by atoms with E-state index in [1.807, 2.05) is 30.3 Å². The molecule has 0 spiro atoms. The van der Waals surface area contributed by atoms with Gasteiger partial charge < -0.3 is 4.42 Å². The Bertz CT molecular complexity index is 929. The highest BCUT2D eigenvalue weighted by atomic mass is 32.2. The van der Waals surface area contributed by atoms with Gasteiger partial charge in [-0.05, 0) is 18.2 Å². The molecule has 0 bridgehead atoms. The Morgan fingerprint density at radius 1 is 1.00 bits per heavy atom. The van der Waals surface area contributed by atoms with E-state index in [1.165, 1.54) is 0 Å². The van der Waals surface area contributed by atoms with Crippen LogP contribution in [0.3, 0.4) is 0 Å². The van der Waals surface area contributed by atoms with Crippen LogP contribution in [0.1, 0.15) is 16.7 Å². The maximum Gasteiger partial charge on any atom is 0.198 e. The molecule has 1 aliphatic heterocycles. The molecule has 0 saturated carbocycles. The lowest BCUT2D eigenvalue weighted by Crippen LogP contribution is -2.34. The van der Waals surface area contributed by atoms with E-state index in [0.29, 0.717) is 17.9 Å². The second kappa shape index (κ2) is 4.97.